The number of rotatable bonds is 14. The summed E-state index contributed by atoms with van der Waals surface area (Å²) in [6.07, 6.45) is 5.07. The van der Waals surface area contributed by atoms with Gasteiger partial charge in [-0.15, -0.1) is 0 Å². The molecule has 404 valence electrons. The van der Waals surface area contributed by atoms with Crippen molar-refractivity contribution in [2.45, 2.75) is 88.7 Å². The second-order valence-electron chi connectivity index (χ2n) is 21.3. The molecule has 5 aromatic rings. The van der Waals surface area contributed by atoms with Crippen LogP contribution in [0.1, 0.15) is 104 Å². The standard InChI is InChI=1S/C56H63ClF4N8O7/c1-30-25-35(63-29-56(34-7-5-4-6-8-34)31(2)44-42(76-56)27-40(59)48(57)47(44)46-37(52(62)72)11-12-41(49(46)60)75-24-23-70)9-10-36(30)54(73)68-20-13-32(14-21-68)28-67-18-15-33(16-19-67)45-39(58)26-38-51(50(45)61)66(3)65-53(38)69-22-17-43(71)64-55(69)74/h4-8,11-12,26-27,30-33,35-36,63,70H,9-10,13-25,28-29H2,1-3H3,(H2,62,72)(H,64,71,74)/t30-,31-,35+,36+,56-/m0/s1. The number of ether oxygens (including phenoxy) is 2. The lowest BCUT2D eigenvalue weighted by Gasteiger charge is -2.41. The summed E-state index contributed by atoms with van der Waals surface area (Å²) in [5, 5.41) is 19.5. The zero-order chi connectivity index (χ0) is 53.7. The minimum absolute atomic E-state index is 0.00941. The molecular formula is C56H63ClF4N8O7. The third-order valence-electron chi connectivity index (χ3n) is 16.8. The highest BCUT2D eigenvalue weighted by Gasteiger charge is 2.51. The number of nitrogens with two attached hydrogens (primary N) is 1. The molecule has 1 aromatic heterocycles. The minimum atomic E-state index is -1.14. The first kappa shape index (κ1) is 53.1. The van der Waals surface area contributed by atoms with Crippen molar-refractivity contribution in [3.63, 3.8) is 0 Å². The van der Waals surface area contributed by atoms with Crippen molar-refractivity contribution >= 4 is 52.1 Å². The van der Waals surface area contributed by atoms with E-state index in [2.05, 4.69) is 27.6 Å². The molecule has 3 saturated heterocycles. The van der Waals surface area contributed by atoms with Crippen LogP contribution in [0.2, 0.25) is 5.02 Å². The van der Waals surface area contributed by atoms with Crippen molar-refractivity contribution < 1.29 is 51.3 Å². The normalized spacial score (nSPS) is 23.7. The maximum absolute atomic E-state index is 16.5. The highest BCUT2D eigenvalue weighted by molar-refractivity contribution is 6.34. The number of hydrogen-bond donors (Lipinski definition) is 4. The van der Waals surface area contributed by atoms with Gasteiger partial charge in [-0.25, -0.2) is 22.4 Å². The lowest BCUT2D eigenvalue weighted by atomic mass is 9.75. The number of likely N-dealkylation sites (tertiary alicyclic amines) is 2. The lowest BCUT2D eigenvalue weighted by Crippen LogP contribution is -2.50. The average Bonchev–Trinajstić information content (AvgIpc) is 3.96. The van der Waals surface area contributed by atoms with Gasteiger partial charge in [0.2, 0.25) is 17.7 Å². The number of aromatic nitrogens is 2. The Bertz CT molecular complexity index is 3080. The van der Waals surface area contributed by atoms with Crippen molar-refractivity contribution in [2.75, 3.05) is 63.9 Å². The van der Waals surface area contributed by atoms with Crippen LogP contribution in [0.4, 0.5) is 28.2 Å². The van der Waals surface area contributed by atoms with E-state index in [1.165, 1.54) is 33.8 Å². The number of carbonyl (C=O) groups excluding carboxylic acids is 4. The van der Waals surface area contributed by atoms with E-state index in [4.69, 9.17) is 26.8 Å². The molecule has 4 fully saturated rings. The zero-order valence-corrected chi connectivity index (χ0v) is 43.5. The maximum Gasteiger partial charge on any atom is 0.329 e. The van der Waals surface area contributed by atoms with Crippen LogP contribution in [0.15, 0.2) is 54.6 Å². The van der Waals surface area contributed by atoms with Gasteiger partial charge in [0.05, 0.1) is 22.6 Å². The van der Waals surface area contributed by atoms with Gasteiger partial charge < -0.3 is 35.4 Å². The Balaban J connectivity index is 0.751. The van der Waals surface area contributed by atoms with E-state index >= 15 is 17.6 Å². The van der Waals surface area contributed by atoms with Crippen LogP contribution in [-0.2, 0) is 22.2 Å². The van der Waals surface area contributed by atoms with Crippen LogP contribution in [-0.4, -0.2) is 114 Å². The van der Waals surface area contributed by atoms with Gasteiger partial charge in [-0.05, 0) is 99.6 Å². The smallest absolute Gasteiger partial charge is 0.329 e. The molecule has 5 N–H and O–H groups in total. The summed E-state index contributed by atoms with van der Waals surface area (Å²) in [6, 6.07) is 13.8. The average molecular weight is 1070 g/mol. The molecule has 10 rings (SSSR count). The Hall–Kier alpha value is -6.28. The van der Waals surface area contributed by atoms with Crippen LogP contribution in [0.3, 0.4) is 0 Å². The number of aliphatic hydroxyl groups is 1. The quantitative estimate of drug-likeness (QED) is 0.0790. The number of nitrogens with one attached hydrogen (secondary N) is 2. The molecule has 0 spiro atoms. The van der Waals surface area contributed by atoms with Gasteiger partial charge in [0.15, 0.2) is 28.8 Å². The van der Waals surface area contributed by atoms with Crippen molar-refractivity contribution in [1.29, 1.82) is 0 Å². The summed E-state index contributed by atoms with van der Waals surface area (Å²) in [4.78, 5) is 56.9. The topological polar surface area (TPSA) is 185 Å². The molecule has 5 aliphatic rings. The van der Waals surface area contributed by atoms with Crippen LogP contribution >= 0.6 is 11.6 Å². The Morgan fingerprint density at radius 2 is 1.66 bits per heavy atom. The molecule has 15 nitrogen and oxygen atoms in total. The number of primary amides is 1. The number of aliphatic hydroxyl groups excluding tert-OH is 1. The van der Waals surface area contributed by atoms with E-state index in [0.29, 0.717) is 56.9 Å². The molecular weight excluding hydrogens is 1010 g/mol. The Labute approximate surface area is 443 Å². The predicted octanol–water partition coefficient (Wildman–Crippen LogP) is 8.27. The van der Waals surface area contributed by atoms with Gasteiger partial charge in [0, 0.05) is 92.4 Å². The molecule has 76 heavy (non-hydrogen) atoms. The highest BCUT2D eigenvalue weighted by atomic mass is 35.5. The van der Waals surface area contributed by atoms with Crippen LogP contribution in [0.25, 0.3) is 22.0 Å². The number of urea groups is 1. The number of aryl methyl sites for hydroxylation is 1. The summed E-state index contributed by atoms with van der Waals surface area (Å²) in [7, 11) is 1.56. The van der Waals surface area contributed by atoms with Gasteiger partial charge in [0.1, 0.15) is 29.5 Å². The number of piperidine rings is 2. The first-order chi connectivity index (χ1) is 36.5. The molecule has 4 aliphatic heterocycles. The monoisotopic (exact) mass is 1070 g/mol. The van der Waals surface area contributed by atoms with Crippen LogP contribution < -0.4 is 30.7 Å². The molecule has 1 saturated carbocycles. The molecule has 20 heteroatoms. The fourth-order valence-electron chi connectivity index (χ4n) is 12.8. The first-order valence-electron chi connectivity index (χ1n) is 26.3. The summed E-state index contributed by atoms with van der Waals surface area (Å²) in [6.45, 7) is 7.25. The number of halogens is 5. The number of hydrogen-bond acceptors (Lipinski definition) is 10. The largest absolute Gasteiger partial charge is 0.488 e. The Morgan fingerprint density at radius 1 is 0.921 bits per heavy atom. The van der Waals surface area contributed by atoms with Gasteiger partial charge in [0.25, 0.3) is 0 Å². The first-order valence-corrected chi connectivity index (χ1v) is 26.7. The van der Waals surface area contributed by atoms with Gasteiger partial charge in [-0.2, -0.15) is 5.10 Å². The maximum atomic E-state index is 16.5. The van der Waals surface area contributed by atoms with Crippen molar-refractivity contribution in [3.8, 4) is 22.6 Å². The van der Waals surface area contributed by atoms with Gasteiger partial charge >= 0.3 is 6.03 Å². The molecule has 1 aliphatic carbocycles. The third kappa shape index (κ3) is 9.76. The SMILES string of the molecule is C[C@H]1C[C@H](NC[C@]2(c3ccccc3)Oc3cc(F)c(Cl)c(-c4c(C(N)=O)ccc(OCCO)c4F)c3[C@@H]2C)CC[C@H]1C(=O)N1CCC(CN2CCC(c3c(F)cc4c(N5CCC(=O)NC5=O)nn(C)c4c3F)CC2)CC1. The molecule has 5 heterocycles. The minimum Gasteiger partial charge on any atom is -0.488 e. The number of amides is 5. The van der Waals surface area contributed by atoms with E-state index in [9.17, 15) is 24.3 Å². The number of benzene rings is 4. The van der Waals surface area contributed by atoms with Crippen LogP contribution in [0, 0.1) is 41.0 Å². The van der Waals surface area contributed by atoms with Crippen molar-refractivity contribution in [2.24, 2.45) is 30.5 Å². The van der Waals surface area contributed by atoms with E-state index in [0.717, 1.165) is 37.8 Å². The number of imide groups is 1. The molecule has 5 amide bonds. The fourth-order valence-corrected chi connectivity index (χ4v) is 13.0. The molecule has 0 bridgehead atoms. The highest BCUT2D eigenvalue weighted by Crippen LogP contribution is 2.57. The molecule has 0 unspecified atom stereocenters. The van der Waals surface area contributed by atoms with E-state index < -0.39 is 64.3 Å². The lowest BCUT2D eigenvalue weighted by molar-refractivity contribution is -0.140. The number of fused-ring (bicyclic) bond motifs is 2. The molecule has 0 radical (unpaired) electrons. The van der Waals surface area contributed by atoms with Crippen molar-refractivity contribution in [1.82, 2.24) is 30.2 Å². The number of anilines is 1. The van der Waals surface area contributed by atoms with E-state index in [1.54, 1.807) is 7.05 Å². The molecule has 5 atom stereocenters. The van der Waals surface area contributed by atoms with E-state index in [-0.39, 0.29) is 106 Å². The zero-order valence-electron chi connectivity index (χ0n) is 42.8. The van der Waals surface area contributed by atoms with Crippen LogP contribution in [0.5, 0.6) is 11.5 Å². The summed E-state index contributed by atoms with van der Waals surface area (Å²) < 4.78 is 78.2. The Kier molecular flexibility index (Phi) is 15.1. The van der Waals surface area contributed by atoms with Crippen molar-refractivity contribution in [3.05, 3.63) is 105 Å². The van der Waals surface area contributed by atoms with Gasteiger partial charge in [-0.1, -0.05) is 55.8 Å². The summed E-state index contributed by atoms with van der Waals surface area (Å²) in [5.74, 6) is -5.06. The summed E-state index contributed by atoms with van der Waals surface area (Å²) in [5.41, 5.74) is 5.32. The number of carbonyl (C=O) groups is 4. The predicted molar refractivity (Wildman–Crippen MR) is 277 cm³/mol. The summed E-state index contributed by atoms with van der Waals surface area (Å²) >= 11 is 6.73. The second kappa shape index (κ2) is 21.6. The third-order valence-corrected chi connectivity index (χ3v) is 17.2. The Morgan fingerprint density at radius 3 is 2.34 bits per heavy atom. The second-order valence-corrected chi connectivity index (χ2v) is 21.7. The fraction of sp³-hybridized carbons (Fsp3) is 0.482. The van der Waals surface area contributed by atoms with Gasteiger partial charge in [-0.3, -0.25) is 29.3 Å². The number of nitrogens with zero attached hydrogens (tertiary/aromatic N) is 5. The molecule has 4 aromatic carbocycles. The van der Waals surface area contributed by atoms with E-state index in [1.807, 2.05) is 42.2 Å².